The molecule has 224 valence electrons. The van der Waals surface area contributed by atoms with Crippen LogP contribution in [0.5, 0.6) is 0 Å². The van der Waals surface area contributed by atoms with Crippen molar-refractivity contribution in [3.8, 4) is 0 Å². The van der Waals surface area contributed by atoms with Crippen molar-refractivity contribution in [3.05, 3.63) is 45.8 Å². The number of benzene rings is 1. The van der Waals surface area contributed by atoms with Crippen LogP contribution in [0.1, 0.15) is 71.7 Å². The van der Waals surface area contributed by atoms with Crippen LogP contribution < -0.4 is 10.6 Å². The molecule has 14 heteroatoms. The van der Waals surface area contributed by atoms with Crippen LogP contribution in [0.25, 0.3) is 0 Å². The van der Waals surface area contributed by atoms with Crippen molar-refractivity contribution in [3.63, 3.8) is 0 Å². The maximum absolute atomic E-state index is 13.2. The molecule has 2 heterocycles. The topological polar surface area (TPSA) is 151 Å². The molecular formula is C27H36N4O8S2. The largest absolute Gasteiger partial charge is 0.450 e. The highest BCUT2D eigenvalue weighted by Gasteiger charge is 2.32. The summed E-state index contributed by atoms with van der Waals surface area (Å²) < 4.78 is 37.4. The Hall–Kier alpha value is -3.49. The molecule has 4 amide bonds. The third-order valence-electron chi connectivity index (χ3n) is 6.40. The number of fused-ring (bicyclic) bond motifs is 1. The number of imide groups is 1. The van der Waals surface area contributed by atoms with Crippen molar-refractivity contribution in [2.24, 2.45) is 0 Å². The highest BCUT2D eigenvalue weighted by Crippen LogP contribution is 2.37. The van der Waals surface area contributed by atoms with Crippen LogP contribution >= 0.6 is 11.3 Å². The molecule has 0 radical (unpaired) electrons. The summed E-state index contributed by atoms with van der Waals surface area (Å²) in [4.78, 5) is 52.8. The summed E-state index contributed by atoms with van der Waals surface area (Å²) in [5.74, 6) is -1.31. The number of thiophene rings is 1. The van der Waals surface area contributed by atoms with Crippen LogP contribution in [-0.2, 0) is 32.5 Å². The van der Waals surface area contributed by atoms with Gasteiger partial charge in [0, 0.05) is 30.1 Å². The number of hydrogen-bond acceptors (Lipinski definition) is 9. The minimum atomic E-state index is -3.71. The molecule has 1 aromatic carbocycles. The lowest BCUT2D eigenvalue weighted by Crippen LogP contribution is -2.37. The molecule has 0 saturated carbocycles. The summed E-state index contributed by atoms with van der Waals surface area (Å²) in [5, 5.41) is 5.10. The second-order valence-electron chi connectivity index (χ2n) is 9.08. The number of anilines is 1. The third kappa shape index (κ3) is 7.63. The van der Waals surface area contributed by atoms with Gasteiger partial charge in [-0.1, -0.05) is 20.3 Å². The average molecular weight is 609 g/mol. The maximum atomic E-state index is 13.2. The van der Waals surface area contributed by atoms with E-state index >= 15 is 0 Å². The van der Waals surface area contributed by atoms with E-state index in [0.717, 1.165) is 24.2 Å². The summed E-state index contributed by atoms with van der Waals surface area (Å²) in [7, 11) is -3.71. The van der Waals surface area contributed by atoms with Crippen LogP contribution in [0.3, 0.4) is 0 Å². The van der Waals surface area contributed by atoms with Crippen molar-refractivity contribution in [1.82, 2.24) is 14.5 Å². The van der Waals surface area contributed by atoms with Gasteiger partial charge in [-0.05, 0) is 56.5 Å². The van der Waals surface area contributed by atoms with Gasteiger partial charge < -0.3 is 19.7 Å². The van der Waals surface area contributed by atoms with Gasteiger partial charge in [-0.15, -0.1) is 11.3 Å². The van der Waals surface area contributed by atoms with E-state index in [2.05, 4.69) is 10.6 Å². The molecule has 2 N–H and O–H groups in total. The molecular weight excluding hydrogens is 572 g/mol. The molecule has 41 heavy (non-hydrogen) atoms. The number of unbranched alkanes of at least 4 members (excludes halogenated alkanes) is 1. The predicted octanol–water partition coefficient (Wildman–Crippen LogP) is 4.21. The van der Waals surface area contributed by atoms with E-state index in [1.165, 1.54) is 33.5 Å². The fourth-order valence-electron chi connectivity index (χ4n) is 4.31. The third-order valence-corrected chi connectivity index (χ3v) is 9.52. The molecule has 0 atom stereocenters. The Bertz CT molecular complexity index is 1370. The summed E-state index contributed by atoms with van der Waals surface area (Å²) >= 11 is 1.12. The predicted molar refractivity (Wildman–Crippen MR) is 154 cm³/mol. The molecule has 0 saturated heterocycles. The normalized spacial score (nSPS) is 13.0. The number of nitrogens with zero attached hydrogens (tertiary/aromatic N) is 2. The van der Waals surface area contributed by atoms with Gasteiger partial charge in [0.15, 0.2) is 0 Å². The Morgan fingerprint density at radius 2 is 1.68 bits per heavy atom. The van der Waals surface area contributed by atoms with E-state index in [1.807, 2.05) is 6.92 Å². The lowest BCUT2D eigenvalue weighted by atomic mass is 10.0. The van der Waals surface area contributed by atoms with Crippen molar-refractivity contribution in [2.45, 2.75) is 58.4 Å². The van der Waals surface area contributed by atoms with E-state index in [1.54, 1.807) is 20.8 Å². The fraction of sp³-hybridized carbons (Fsp3) is 0.481. The zero-order valence-electron chi connectivity index (χ0n) is 23.7. The number of nitrogens with one attached hydrogen (secondary N) is 2. The molecule has 1 aliphatic heterocycles. The van der Waals surface area contributed by atoms with Gasteiger partial charge in [0.25, 0.3) is 11.8 Å². The van der Waals surface area contributed by atoms with Gasteiger partial charge in [0.1, 0.15) is 5.00 Å². The second kappa shape index (κ2) is 14.4. The Kier molecular flexibility index (Phi) is 11.3. The molecule has 1 aliphatic rings. The Labute approximate surface area is 244 Å². The molecule has 0 spiro atoms. The quantitative estimate of drug-likeness (QED) is 0.385. The molecule has 0 unspecified atom stereocenters. The van der Waals surface area contributed by atoms with E-state index in [9.17, 15) is 27.6 Å². The SMILES string of the molecule is CCCCN(CC)S(=O)(=O)c1ccc(C(=O)Nc2sc3c(c2C(=O)NC(=O)OCC)CCN(C(=O)OCC)C3)cc1. The number of ether oxygens (including phenoxy) is 2. The zero-order chi connectivity index (χ0) is 30.2. The number of carbonyl (C=O) groups excluding carboxylic acids is 4. The Morgan fingerprint density at radius 1 is 1.00 bits per heavy atom. The molecule has 3 rings (SSSR count). The number of carbonyl (C=O) groups is 4. The molecule has 0 bridgehead atoms. The number of alkyl carbamates (subject to hydrolysis) is 1. The lowest BCUT2D eigenvalue weighted by Gasteiger charge is -2.26. The van der Waals surface area contributed by atoms with Crippen molar-refractivity contribution < 1.29 is 37.1 Å². The van der Waals surface area contributed by atoms with Gasteiger partial charge in [-0.25, -0.2) is 18.0 Å². The number of rotatable bonds is 11. The van der Waals surface area contributed by atoms with Gasteiger partial charge >= 0.3 is 12.2 Å². The minimum absolute atomic E-state index is 0.0687. The highest BCUT2D eigenvalue weighted by atomic mass is 32.2. The fourth-order valence-corrected chi connectivity index (χ4v) is 7.05. The van der Waals surface area contributed by atoms with Crippen molar-refractivity contribution in [2.75, 3.05) is 38.2 Å². The standard InChI is InChI=1S/C27H36N4O8S2/c1-5-9-15-31(6-2)41(36,37)19-12-10-18(11-13-19)23(32)28-25-22(24(33)29-26(34)38-7-3)20-14-16-30(17-21(20)40-25)27(35)39-8-4/h10-13H,5-9,14-17H2,1-4H3,(H,28,32)(H,29,33,34). The van der Waals surface area contributed by atoms with Gasteiger partial charge in [0.2, 0.25) is 10.0 Å². The molecule has 0 aliphatic carbocycles. The number of hydrogen-bond donors (Lipinski definition) is 2. The van der Waals surface area contributed by atoms with Crippen molar-refractivity contribution in [1.29, 1.82) is 0 Å². The van der Waals surface area contributed by atoms with E-state index < -0.39 is 34.0 Å². The first kappa shape index (κ1) is 32.0. The van der Waals surface area contributed by atoms with Gasteiger partial charge in [-0.3, -0.25) is 14.9 Å². The Balaban J connectivity index is 1.88. The van der Waals surface area contributed by atoms with Crippen LogP contribution in [-0.4, -0.2) is 74.5 Å². The van der Waals surface area contributed by atoms with E-state index in [0.29, 0.717) is 36.5 Å². The number of sulfonamides is 1. The first-order valence-corrected chi connectivity index (χ1v) is 15.8. The smallest absolute Gasteiger partial charge is 0.414 e. The molecule has 0 fully saturated rings. The summed E-state index contributed by atoms with van der Waals surface area (Å²) in [6.07, 6.45) is 0.501. The second-order valence-corrected chi connectivity index (χ2v) is 12.1. The lowest BCUT2D eigenvalue weighted by molar-refractivity contribution is 0.0924. The molecule has 2 aromatic rings. The maximum Gasteiger partial charge on any atom is 0.414 e. The van der Waals surface area contributed by atoms with Gasteiger partial charge in [-0.2, -0.15) is 4.31 Å². The molecule has 12 nitrogen and oxygen atoms in total. The summed E-state index contributed by atoms with van der Waals surface area (Å²) in [6.45, 7) is 8.56. The Morgan fingerprint density at radius 3 is 2.29 bits per heavy atom. The van der Waals surface area contributed by atoms with Crippen LogP contribution in [0.4, 0.5) is 14.6 Å². The zero-order valence-corrected chi connectivity index (χ0v) is 25.3. The summed E-state index contributed by atoms with van der Waals surface area (Å²) in [6, 6.07) is 5.57. The van der Waals surface area contributed by atoms with Crippen molar-refractivity contribution >= 4 is 50.4 Å². The highest BCUT2D eigenvalue weighted by molar-refractivity contribution is 7.89. The monoisotopic (exact) mass is 608 g/mol. The number of amides is 4. The van der Waals surface area contributed by atoms with E-state index in [4.69, 9.17) is 9.47 Å². The van der Waals surface area contributed by atoms with Crippen LogP contribution in [0.15, 0.2) is 29.2 Å². The summed E-state index contributed by atoms with van der Waals surface area (Å²) in [5.41, 5.74) is 0.904. The average Bonchev–Trinajstić information content (AvgIpc) is 3.30. The molecule has 1 aromatic heterocycles. The first-order chi connectivity index (χ1) is 19.6. The minimum Gasteiger partial charge on any atom is -0.450 e. The van der Waals surface area contributed by atoms with E-state index in [-0.39, 0.29) is 40.8 Å². The first-order valence-electron chi connectivity index (χ1n) is 13.5. The van der Waals surface area contributed by atoms with Crippen LogP contribution in [0.2, 0.25) is 0 Å². The van der Waals surface area contributed by atoms with Gasteiger partial charge in [0.05, 0.1) is 30.2 Å². The van der Waals surface area contributed by atoms with Crippen LogP contribution in [0, 0.1) is 0 Å².